The second-order valence-electron chi connectivity index (χ2n) is 7.88. The fraction of sp³-hybridized carbons (Fsp3) is 0.455. The van der Waals surface area contributed by atoms with Crippen LogP contribution in [-0.2, 0) is 17.9 Å². The van der Waals surface area contributed by atoms with Crippen LogP contribution >= 0.6 is 0 Å². The summed E-state index contributed by atoms with van der Waals surface area (Å²) in [6, 6.07) is 8.74. The van der Waals surface area contributed by atoms with Crippen LogP contribution < -0.4 is 4.74 Å². The highest BCUT2D eigenvalue weighted by Crippen LogP contribution is 2.41. The molecule has 2 aliphatic rings. The summed E-state index contributed by atoms with van der Waals surface area (Å²) in [4.78, 5) is 21.6. The van der Waals surface area contributed by atoms with Crippen molar-refractivity contribution in [2.45, 2.75) is 32.4 Å². The van der Waals surface area contributed by atoms with Crippen LogP contribution in [0.4, 0.5) is 4.39 Å². The standard InChI is InChI=1S/C22H26FN3O2/c1-28-19-3-4-20(23)18(13-19)15-26-11-2-7-22(21(26)27)8-12-25(16-22)14-17-5-9-24-10-6-17/h3-6,9-10,13H,2,7-8,11-12,14-16H2,1H3. The third-order valence-corrected chi connectivity index (χ3v) is 6.03. The van der Waals surface area contributed by atoms with Crippen molar-refractivity contribution in [3.8, 4) is 5.75 Å². The first kappa shape index (κ1) is 18.9. The zero-order chi connectivity index (χ0) is 19.6. The molecule has 1 atom stereocenters. The first-order valence-corrected chi connectivity index (χ1v) is 9.83. The lowest BCUT2D eigenvalue weighted by molar-refractivity contribution is -0.146. The molecule has 3 heterocycles. The number of aromatic nitrogens is 1. The van der Waals surface area contributed by atoms with Gasteiger partial charge in [0.05, 0.1) is 12.5 Å². The van der Waals surface area contributed by atoms with Crippen molar-refractivity contribution in [3.63, 3.8) is 0 Å². The van der Waals surface area contributed by atoms with Crippen molar-refractivity contribution in [2.75, 3.05) is 26.7 Å². The van der Waals surface area contributed by atoms with Gasteiger partial charge in [-0.25, -0.2) is 4.39 Å². The van der Waals surface area contributed by atoms with Gasteiger partial charge < -0.3 is 9.64 Å². The Morgan fingerprint density at radius 2 is 1.96 bits per heavy atom. The molecule has 28 heavy (non-hydrogen) atoms. The normalized spacial score (nSPS) is 22.8. The number of benzene rings is 1. The van der Waals surface area contributed by atoms with Gasteiger partial charge in [-0.15, -0.1) is 0 Å². The maximum absolute atomic E-state index is 14.3. The number of nitrogens with zero attached hydrogens (tertiary/aromatic N) is 3. The van der Waals surface area contributed by atoms with Crippen LogP contribution in [0, 0.1) is 11.2 Å². The van der Waals surface area contributed by atoms with Crippen molar-refractivity contribution in [2.24, 2.45) is 5.41 Å². The van der Waals surface area contributed by atoms with E-state index in [0.717, 1.165) is 38.9 Å². The number of amides is 1. The molecule has 0 bridgehead atoms. The van der Waals surface area contributed by atoms with E-state index in [0.29, 0.717) is 24.4 Å². The number of piperidine rings is 1. The van der Waals surface area contributed by atoms with Crippen LogP contribution in [0.3, 0.4) is 0 Å². The van der Waals surface area contributed by atoms with Crippen molar-refractivity contribution in [3.05, 3.63) is 59.7 Å². The molecule has 0 aliphatic carbocycles. The number of halogens is 1. The van der Waals surface area contributed by atoms with Crippen LogP contribution in [0.1, 0.15) is 30.4 Å². The molecule has 1 unspecified atom stereocenters. The second-order valence-corrected chi connectivity index (χ2v) is 7.88. The monoisotopic (exact) mass is 383 g/mol. The number of hydrogen-bond acceptors (Lipinski definition) is 4. The van der Waals surface area contributed by atoms with Crippen molar-refractivity contribution in [1.29, 1.82) is 0 Å². The topological polar surface area (TPSA) is 45.7 Å². The van der Waals surface area contributed by atoms with Gasteiger partial charge in [-0.1, -0.05) is 0 Å². The molecule has 2 saturated heterocycles. The molecule has 148 valence electrons. The second kappa shape index (κ2) is 7.87. The number of likely N-dealkylation sites (tertiary alicyclic amines) is 2. The van der Waals surface area contributed by atoms with Gasteiger partial charge in [0.25, 0.3) is 0 Å². The number of ether oxygens (including phenoxy) is 1. The number of rotatable bonds is 5. The van der Waals surface area contributed by atoms with E-state index in [4.69, 9.17) is 4.74 Å². The number of methoxy groups -OCH3 is 1. The lowest BCUT2D eigenvalue weighted by Gasteiger charge is -2.39. The Kier molecular flexibility index (Phi) is 5.31. The lowest BCUT2D eigenvalue weighted by Crippen LogP contribution is -2.49. The molecule has 1 aromatic heterocycles. The minimum absolute atomic E-state index is 0.165. The third kappa shape index (κ3) is 3.74. The lowest BCUT2D eigenvalue weighted by atomic mass is 9.78. The smallest absolute Gasteiger partial charge is 0.230 e. The van der Waals surface area contributed by atoms with Gasteiger partial charge in [-0.3, -0.25) is 14.7 Å². The average molecular weight is 383 g/mol. The molecule has 2 aromatic rings. The Morgan fingerprint density at radius 3 is 2.75 bits per heavy atom. The number of hydrogen-bond donors (Lipinski definition) is 0. The SMILES string of the molecule is COc1ccc(F)c(CN2CCCC3(CCN(Cc4ccncc4)C3)C2=O)c1. The highest BCUT2D eigenvalue weighted by Gasteiger charge is 2.48. The highest BCUT2D eigenvalue weighted by molar-refractivity contribution is 5.84. The fourth-order valence-corrected chi connectivity index (χ4v) is 4.53. The molecular weight excluding hydrogens is 357 g/mol. The van der Waals surface area contributed by atoms with E-state index in [1.165, 1.54) is 11.6 Å². The predicted molar refractivity (Wildman–Crippen MR) is 104 cm³/mol. The van der Waals surface area contributed by atoms with Crippen LogP contribution in [0.15, 0.2) is 42.7 Å². The fourth-order valence-electron chi connectivity index (χ4n) is 4.53. The van der Waals surface area contributed by atoms with E-state index < -0.39 is 0 Å². The predicted octanol–water partition coefficient (Wildman–Crippen LogP) is 3.24. The summed E-state index contributed by atoms with van der Waals surface area (Å²) in [7, 11) is 1.56. The maximum Gasteiger partial charge on any atom is 0.230 e. The number of carbonyl (C=O) groups is 1. The first-order chi connectivity index (χ1) is 13.6. The van der Waals surface area contributed by atoms with Gasteiger partial charge in [0.1, 0.15) is 11.6 Å². The summed E-state index contributed by atoms with van der Waals surface area (Å²) in [6.07, 6.45) is 6.35. The summed E-state index contributed by atoms with van der Waals surface area (Å²) >= 11 is 0. The maximum atomic E-state index is 14.3. The van der Waals surface area contributed by atoms with E-state index >= 15 is 0 Å². The molecule has 1 spiro atoms. The molecule has 1 aromatic carbocycles. The van der Waals surface area contributed by atoms with E-state index in [-0.39, 0.29) is 17.1 Å². The van der Waals surface area contributed by atoms with Gasteiger partial charge in [-0.2, -0.15) is 0 Å². The quantitative estimate of drug-likeness (QED) is 0.795. The molecule has 6 heteroatoms. The average Bonchev–Trinajstić information content (AvgIpc) is 3.11. The highest BCUT2D eigenvalue weighted by atomic mass is 19.1. The summed E-state index contributed by atoms with van der Waals surface area (Å²) in [5.74, 6) is 0.483. The Labute approximate surface area is 165 Å². The molecule has 0 N–H and O–H groups in total. The summed E-state index contributed by atoms with van der Waals surface area (Å²) in [5.41, 5.74) is 1.39. The molecule has 4 rings (SSSR count). The van der Waals surface area contributed by atoms with Crippen LogP contribution in [-0.4, -0.2) is 47.4 Å². The van der Waals surface area contributed by atoms with Crippen molar-refractivity contribution < 1.29 is 13.9 Å². The van der Waals surface area contributed by atoms with Crippen molar-refractivity contribution in [1.82, 2.24) is 14.8 Å². The zero-order valence-electron chi connectivity index (χ0n) is 16.2. The first-order valence-electron chi connectivity index (χ1n) is 9.83. The molecule has 0 radical (unpaired) electrons. The molecular formula is C22H26FN3O2. The van der Waals surface area contributed by atoms with Crippen LogP contribution in [0.5, 0.6) is 5.75 Å². The molecule has 0 saturated carbocycles. The summed E-state index contributed by atoms with van der Waals surface area (Å²) in [5, 5.41) is 0. The third-order valence-electron chi connectivity index (χ3n) is 6.03. The van der Waals surface area contributed by atoms with Gasteiger partial charge in [0, 0.05) is 44.1 Å². The van der Waals surface area contributed by atoms with Crippen LogP contribution in [0.25, 0.3) is 0 Å². The van der Waals surface area contributed by atoms with Gasteiger partial charge in [0.15, 0.2) is 0 Å². The molecule has 5 nitrogen and oxygen atoms in total. The van der Waals surface area contributed by atoms with Crippen LogP contribution in [0.2, 0.25) is 0 Å². The van der Waals surface area contributed by atoms with E-state index in [1.807, 2.05) is 17.0 Å². The minimum Gasteiger partial charge on any atom is -0.497 e. The Morgan fingerprint density at radius 1 is 1.14 bits per heavy atom. The Hall–Kier alpha value is -2.47. The minimum atomic E-state index is -0.333. The number of carbonyl (C=O) groups excluding carboxylic acids is 1. The molecule has 2 fully saturated rings. The molecule has 2 aliphatic heterocycles. The van der Waals surface area contributed by atoms with E-state index in [1.54, 1.807) is 31.6 Å². The van der Waals surface area contributed by atoms with E-state index in [2.05, 4.69) is 9.88 Å². The van der Waals surface area contributed by atoms with Gasteiger partial charge in [0.2, 0.25) is 5.91 Å². The largest absolute Gasteiger partial charge is 0.497 e. The summed E-state index contributed by atoms with van der Waals surface area (Å²) in [6.45, 7) is 3.50. The van der Waals surface area contributed by atoms with Crippen molar-refractivity contribution >= 4 is 5.91 Å². The Balaban J connectivity index is 1.46. The summed E-state index contributed by atoms with van der Waals surface area (Å²) < 4.78 is 19.5. The number of pyridine rings is 1. The Bertz CT molecular complexity index is 845. The zero-order valence-corrected chi connectivity index (χ0v) is 16.2. The molecule has 1 amide bonds. The van der Waals surface area contributed by atoms with Gasteiger partial charge >= 0.3 is 0 Å². The van der Waals surface area contributed by atoms with Gasteiger partial charge in [-0.05, 0) is 61.7 Å². The van der Waals surface area contributed by atoms with E-state index in [9.17, 15) is 9.18 Å².